The zero-order valence-corrected chi connectivity index (χ0v) is 23.3. The van der Waals surface area contributed by atoms with Crippen molar-refractivity contribution < 1.29 is 29.3 Å². The van der Waals surface area contributed by atoms with Crippen LogP contribution < -0.4 is 15.4 Å². The fourth-order valence-corrected chi connectivity index (χ4v) is 4.26. The van der Waals surface area contributed by atoms with Crippen molar-refractivity contribution in [2.75, 3.05) is 19.8 Å². The summed E-state index contributed by atoms with van der Waals surface area (Å²) >= 11 is 0. The van der Waals surface area contributed by atoms with Gasteiger partial charge in [0.25, 0.3) is 0 Å². The third-order valence-corrected chi connectivity index (χ3v) is 6.49. The van der Waals surface area contributed by atoms with Crippen LogP contribution in [-0.4, -0.2) is 53.9 Å². The lowest BCUT2D eigenvalue weighted by molar-refractivity contribution is -0.131. The fourth-order valence-electron chi connectivity index (χ4n) is 4.26. The molecule has 3 aromatic carbocycles. The average molecular weight is 561 g/mol. The SMILES string of the molecule is C=CCC(CC(=O)NC(CO)Cc1ccc(OCc2ccccc2)cc1)C(=O)NC(CO)COCc1ccccc1. The van der Waals surface area contributed by atoms with Gasteiger partial charge in [-0.1, -0.05) is 78.9 Å². The molecule has 0 heterocycles. The van der Waals surface area contributed by atoms with Gasteiger partial charge in [-0.25, -0.2) is 0 Å². The Kier molecular flexibility index (Phi) is 13.6. The van der Waals surface area contributed by atoms with Gasteiger partial charge in [0.2, 0.25) is 11.8 Å². The molecule has 0 radical (unpaired) electrons. The van der Waals surface area contributed by atoms with Gasteiger partial charge in [0, 0.05) is 6.42 Å². The summed E-state index contributed by atoms with van der Waals surface area (Å²) in [5, 5.41) is 25.2. The first-order valence-corrected chi connectivity index (χ1v) is 13.8. The molecule has 0 aliphatic heterocycles. The summed E-state index contributed by atoms with van der Waals surface area (Å²) in [6, 6.07) is 25.9. The van der Waals surface area contributed by atoms with Crippen LogP contribution in [0.15, 0.2) is 97.6 Å². The van der Waals surface area contributed by atoms with E-state index in [1.807, 2.05) is 84.9 Å². The van der Waals surface area contributed by atoms with E-state index < -0.39 is 18.0 Å². The highest BCUT2D eigenvalue weighted by molar-refractivity contribution is 5.86. The van der Waals surface area contributed by atoms with Crippen LogP contribution in [0.25, 0.3) is 0 Å². The third kappa shape index (κ3) is 11.6. The maximum absolute atomic E-state index is 12.9. The monoisotopic (exact) mass is 560 g/mol. The van der Waals surface area contributed by atoms with E-state index in [1.165, 1.54) is 0 Å². The number of allylic oxidation sites excluding steroid dienone is 1. The predicted octanol–water partition coefficient (Wildman–Crippen LogP) is 3.56. The molecule has 8 nitrogen and oxygen atoms in total. The van der Waals surface area contributed by atoms with E-state index in [1.54, 1.807) is 6.08 Å². The zero-order valence-electron chi connectivity index (χ0n) is 23.3. The van der Waals surface area contributed by atoms with Crippen LogP contribution in [0, 0.1) is 5.92 Å². The summed E-state index contributed by atoms with van der Waals surface area (Å²) in [4.78, 5) is 25.7. The van der Waals surface area contributed by atoms with E-state index in [2.05, 4.69) is 17.2 Å². The molecular weight excluding hydrogens is 520 g/mol. The minimum absolute atomic E-state index is 0.0797. The number of aliphatic hydroxyl groups is 2. The molecule has 0 aliphatic carbocycles. The zero-order chi connectivity index (χ0) is 29.3. The van der Waals surface area contributed by atoms with Gasteiger partial charge in [0.15, 0.2) is 0 Å². The molecule has 0 aliphatic rings. The van der Waals surface area contributed by atoms with Crippen LogP contribution >= 0.6 is 0 Å². The Hall–Kier alpha value is -3.98. The molecule has 0 fully saturated rings. The number of carbonyl (C=O) groups excluding carboxylic acids is 2. The summed E-state index contributed by atoms with van der Waals surface area (Å²) in [5.41, 5.74) is 2.99. The summed E-state index contributed by atoms with van der Waals surface area (Å²) in [6.45, 7) is 4.12. The minimum atomic E-state index is -0.670. The molecule has 3 unspecified atom stereocenters. The standard InChI is InChI=1S/C33H40N2O6/c1-2-9-28(33(39)35-30(21-37)24-40-22-26-10-5-3-6-11-26)19-32(38)34-29(20-36)18-25-14-16-31(17-15-25)41-23-27-12-7-4-8-13-27/h2-8,10-17,28-30,36-37H,1,9,18-24H2,(H,34,38)(H,35,39). The van der Waals surface area contributed by atoms with Crippen molar-refractivity contribution >= 4 is 11.8 Å². The number of rotatable bonds is 18. The van der Waals surface area contributed by atoms with Crippen molar-refractivity contribution in [3.63, 3.8) is 0 Å². The van der Waals surface area contributed by atoms with Crippen LogP contribution in [0.5, 0.6) is 5.75 Å². The van der Waals surface area contributed by atoms with Crippen LogP contribution in [0.1, 0.15) is 29.5 Å². The van der Waals surface area contributed by atoms with Gasteiger partial charge in [0.1, 0.15) is 12.4 Å². The molecule has 2 amide bonds. The summed E-state index contributed by atoms with van der Waals surface area (Å²) in [5.74, 6) is -0.660. The summed E-state index contributed by atoms with van der Waals surface area (Å²) < 4.78 is 11.5. The Labute approximate surface area is 242 Å². The Morgan fingerprint density at radius 3 is 1.98 bits per heavy atom. The molecule has 0 bridgehead atoms. The third-order valence-electron chi connectivity index (χ3n) is 6.49. The highest BCUT2D eigenvalue weighted by Crippen LogP contribution is 2.16. The van der Waals surface area contributed by atoms with Gasteiger partial charge in [-0.05, 0) is 41.7 Å². The van der Waals surface area contributed by atoms with Gasteiger partial charge < -0.3 is 30.3 Å². The maximum atomic E-state index is 12.9. The first kappa shape index (κ1) is 31.5. The number of aliphatic hydroxyl groups excluding tert-OH is 2. The van der Waals surface area contributed by atoms with Gasteiger partial charge in [-0.15, -0.1) is 6.58 Å². The van der Waals surface area contributed by atoms with Gasteiger partial charge in [-0.3, -0.25) is 9.59 Å². The number of nitrogens with one attached hydrogen (secondary N) is 2. The number of amides is 2. The van der Waals surface area contributed by atoms with Gasteiger partial charge in [0.05, 0.1) is 44.4 Å². The second kappa shape index (κ2) is 17.7. The van der Waals surface area contributed by atoms with E-state index in [4.69, 9.17) is 9.47 Å². The van der Waals surface area contributed by atoms with E-state index in [-0.39, 0.29) is 44.5 Å². The lowest BCUT2D eigenvalue weighted by Gasteiger charge is -2.22. The molecule has 41 heavy (non-hydrogen) atoms. The second-order valence-electron chi connectivity index (χ2n) is 9.88. The van der Waals surface area contributed by atoms with Crippen molar-refractivity contribution in [2.24, 2.45) is 5.92 Å². The molecule has 0 saturated heterocycles. The largest absolute Gasteiger partial charge is 0.489 e. The van der Waals surface area contributed by atoms with E-state index in [0.717, 1.165) is 22.4 Å². The molecule has 0 saturated carbocycles. The van der Waals surface area contributed by atoms with Gasteiger partial charge in [-0.2, -0.15) is 0 Å². The smallest absolute Gasteiger partial charge is 0.224 e. The Morgan fingerprint density at radius 2 is 1.39 bits per heavy atom. The number of hydrogen-bond donors (Lipinski definition) is 4. The number of carbonyl (C=O) groups is 2. The lowest BCUT2D eigenvalue weighted by atomic mass is 9.98. The molecule has 3 atom stereocenters. The van der Waals surface area contributed by atoms with Gasteiger partial charge >= 0.3 is 0 Å². The predicted molar refractivity (Wildman–Crippen MR) is 158 cm³/mol. The highest BCUT2D eigenvalue weighted by Gasteiger charge is 2.24. The maximum Gasteiger partial charge on any atom is 0.224 e. The number of hydrogen-bond acceptors (Lipinski definition) is 6. The minimum Gasteiger partial charge on any atom is -0.489 e. The second-order valence-corrected chi connectivity index (χ2v) is 9.88. The van der Waals surface area contributed by atoms with Crippen molar-refractivity contribution in [3.8, 4) is 5.75 Å². The first-order chi connectivity index (χ1) is 20.0. The number of benzene rings is 3. The average Bonchev–Trinajstić information content (AvgIpc) is 3.00. The molecular formula is C33H40N2O6. The normalized spacial score (nSPS) is 13.0. The quantitative estimate of drug-likeness (QED) is 0.177. The first-order valence-electron chi connectivity index (χ1n) is 13.8. The molecule has 3 aromatic rings. The van der Waals surface area contributed by atoms with Crippen molar-refractivity contribution in [1.29, 1.82) is 0 Å². The topological polar surface area (TPSA) is 117 Å². The van der Waals surface area contributed by atoms with E-state index in [0.29, 0.717) is 19.6 Å². The van der Waals surface area contributed by atoms with Crippen molar-refractivity contribution in [3.05, 3.63) is 114 Å². The van der Waals surface area contributed by atoms with Crippen LogP contribution in [-0.2, 0) is 34.0 Å². The van der Waals surface area contributed by atoms with E-state index in [9.17, 15) is 19.8 Å². The van der Waals surface area contributed by atoms with Crippen molar-refractivity contribution in [1.82, 2.24) is 10.6 Å². The molecule has 0 spiro atoms. The lowest BCUT2D eigenvalue weighted by Crippen LogP contribution is -2.45. The molecule has 3 rings (SSSR count). The fraction of sp³-hybridized carbons (Fsp3) is 0.333. The van der Waals surface area contributed by atoms with E-state index >= 15 is 0 Å². The Bertz CT molecular complexity index is 1190. The molecule has 218 valence electrons. The molecule has 8 heteroatoms. The Morgan fingerprint density at radius 1 is 0.780 bits per heavy atom. The van der Waals surface area contributed by atoms with Crippen molar-refractivity contribution in [2.45, 2.75) is 44.6 Å². The number of ether oxygens (including phenoxy) is 2. The molecule has 4 N–H and O–H groups in total. The van der Waals surface area contributed by atoms with Crippen LogP contribution in [0.3, 0.4) is 0 Å². The van der Waals surface area contributed by atoms with Crippen LogP contribution in [0.2, 0.25) is 0 Å². The summed E-state index contributed by atoms with van der Waals surface area (Å²) in [7, 11) is 0. The molecule has 0 aromatic heterocycles. The highest BCUT2D eigenvalue weighted by atomic mass is 16.5. The Balaban J connectivity index is 1.45. The van der Waals surface area contributed by atoms with Crippen LogP contribution in [0.4, 0.5) is 0 Å². The summed E-state index contributed by atoms with van der Waals surface area (Å²) in [6.07, 6.45) is 2.22.